The Morgan fingerprint density at radius 3 is 1.38 bits per heavy atom. The molecule has 7 rings (SSSR count). The Hall–Kier alpha value is -3.34. The van der Waals surface area contributed by atoms with Gasteiger partial charge in [-0.2, -0.15) is 4.67 Å². The molecule has 3 nitrogen and oxygen atoms in total. The molecule has 2 atom stereocenters. The molecule has 6 heteroatoms. The second kappa shape index (κ2) is 11.4. The molecule has 42 heavy (non-hydrogen) atoms. The average Bonchev–Trinajstić information content (AvgIpc) is 3.18. The van der Waals surface area contributed by atoms with Gasteiger partial charge >= 0.3 is 8.16 Å². The second-order valence-electron chi connectivity index (χ2n) is 10.5. The van der Waals surface area contributed by atoms with Gasteiger partial charge in [0, 0.05) is 31.8 Å². The highest BCUT2D eigenvalue weighted by Gasteiger charge is 2.31. The van der Waals surface area contributed by atoms with E-state index in [1.54, 1.807) is 0 Å². The van der Waals surface area contributed by atoms with Gasteiger partial charge in [0.25, 0.3) is 0 Å². The Morgan fingerprint density at radius 2 is 0.929 bits per heavy atom. The van der Waals surface area contributed by atoms with E-state index in [0.29, 0.717) is 0 Å². The molecule has 0 aliphatic rings. The van der Waals surface area contributed by atoms with E-state index in [2.05, 4.69) is 172 Å². The van der Waals surface area contributed by atoms with Crippen LogP contribution >= 0.6 is 40.0 Å². The van der Waals surface area contributed by atoms with Crippen LogP contribution in [-0.2, 0) is 0 Å². The molecule has 0 aliphatic carbocycles. The number of hydrogen-bond acceptors (Lipinski definition) is 3. The van der Waals surface area contributed by atoms with Crippen molar-refractivity contribution in [3.8, 4) is 0 Å². The Bertz CT molecular complexity index is 1990. The lowest BCUT2D eigenvalue weighted by atomic mass is 9.99. The van der Waals surface area contributed by atoms with E-state index in [0.717, 1.165) is 41.7 Å². The van der Waals surface area contributed by atoms with Gasteiger partial charge in [0.15, 0.2) is 0 Å². The fourth-order valence-electron chi connectivity index (χ4n) is 5.98. The molecule has 0 saturated carbocycles. The second-order valence-corrected chi connectivity index (χ2v) is 13.5. The Labute approximate surface area is 262 Å². The van der Waals surface area contributed by atoms with Crippen molar-refractivity contribution in [2.24, 2.45) is 0 Å². The molecule has 0 radical (unpaired) electrons. The highest BCUT2D eigenvalue weighted by atomic mass is 79.9. The quantitative estimate of drug-likeness (QED) is 0.179. The third-order valence-corrected chi connectivity index (χ3v) is 11.3. The molecule has 7 aromatic rings. The van der Waals surface area contributed by atoms with Crippen molar-refractivity contribution in [3.63, 3.8) is 0 Å². The van der Waals surface area contributed by atoms with Crippen LogP contribution in [0.3, 0.4) is 0 Å². The number of rotatable bonds is 5. The van der Waals surface area contributed by atoms with E-state index in [1.807, 2.05) is 0 Å². The lowest BCUT2D eigenvalue weighted by Crippen LogP contribution is -2.27. The lowest BCUT2D eigenvalue weighted by Gasteiger charge is -2.32. The summed E-state index contributed by atoms with van der Waals surface area (Å²) in [5, 5.41) is 6.79. The average molecular weight is 697 g/mol. The van der Waals surface area contributed by atoms with Crippen LogP contribution in [0.2, 0.25) is 0 Å². The molecule has 208 valence electrons. The monoisotopic (exact) mass is 695 g/mol. The highest BCUT2D eigenvalue weighted by Crippen LogP contribution is 2.49. The summed E-state index contributed by atoms with van der Waals surface area (Å²) < 4.78 is 18.6. The van der Waals surface area contributed by atoms with E-state index in [4.69, 9.17) is 8.39 Å². The minimum absolute atomic E-state index is 0.0281. The van der Waals surface area contributed by atoms with Crippen LogP contribution in [0.15, 0.2) is 139 Å². The topological polar surface area (TPSA) is 29.5 Å². The summed E-state index contributed by atoms with van der Waals surface area (Å²) in [5.74, 6) is 0. The van der Waals surface area contributed by atoms with E-state index < -0.39 is 8.16 Å². The van der Waals surface area contributed by atoms with Crippen molar-refractivity contribution in [2.45, 2.75) is 25.9 Å². The molecule has 0 aliphatic heterocycles. The first-order chi connectivity index (χ1) is 20.5. The van der Waals surface area contributed by atoms with E-state index >= 15 is 0 Å². The smallest absolute Gasteiger partial charge is 0.310 e. The van der Waals surface area contributed by atoms with Gasteiger partial charge in [-0.25, -0.2) is 0 Å². The molecule has 0 spiro atoms. The van der Waals surface area contributed by atoms with Crippen LogP contribution in [0, 0.1) is 0 Å². The van der Waals surface area contributed by atoms with Crippen LogP contribution in [-0.4, -0.2) is 0 Å². The summed E-state index contributed by atoms with van der Waals surface area (Å²) in [6.07, 6.45) is 0. The van der Waals surface area contributed by atoms with Crippen molar-refractivity contribution in [2.75, 3.05) is 4.67 Å². The number of nitrogens with zero attached hydrogens (tertiary/aromatic N) is 1. The van der Waals surface area contributed by atoms with Crippen LogP contribution in [0.25, 0.3) is 43.5 Å². The fourth-order valence-corrected chi connectivity index (χ4v) is 8.90. The van der Waals surface area contributed by atoms with Gasteiger partial charge in [0.05, 0.1) is 0 Å². The molecule has 1 aromatic heterocycles. The van der Waals surface area contributed by atoms with Crippen molar-refractivity contribution in [1.29, 1.82) is 0 Å². The Kier molecular flexibility index (Phi) is 7.46. The third-order valence-electron chi connectivity index (χ3n) is 8.08. The highest BCUT2D eigenvalue weighted by molar-refractivity contribution is 9.10. The van der Waals surface area contributed by atoms with Crippen LogP contribution in [0.1, 0.15) is 37.1 Å². The van der Waals surface area contributed by atoms with Crippen LogP contribution in [0.5, 0.6) is 0 Å². The normalized spacial score (nSPS) is 13.3. The van der Waals surface area contributed by atoms with Crippen molar-refractivity contribution >= 4 is 83.5 Å². The van der Waals surface area contributed by atoms with Gasteiger partial charge < -0.3 is 8.39 Å². The molecular weight excluding hydrogens is 669 g/mol. The molecule has 0 N–H and O–H groups in total. The summed E-state index contributed by atoms with van der Waals surface area (Å²) in [5.41, 5.74) is 4.01. The molecule has 6 aromatic carbocycles. The van der Waals surface area contributed by atoms with Gasteiger partial charge in [-0.1, -0.05) is 129 Å². The largest absolute Gasteiger partial charge is 0.408 e. The first kappa shape index (κ1) is 27.5. The maximum Gasteiger partial charge on any atom is 0.310 e. The third kappa shape index (κ3) is 4.79. The summed E-state index contributed by atoms with van der Waals surface area (Å²) >= 11 is 7.64. The van der Waals surface area contributed by atoms with Gasteiger partial charge in [0.2, 0.25) is 0 Å². The number of fused-ring (bicyclic) bond motifs is 7. The molecule has 0 saturated heterocycles. The Balaban J connectivity index is 1.60. The molecule has 0 amide bonds. The van der Waals surface area contributed by atoms with Gasteiger partial charge in [-0.15, -0.1) is 0 Å². The number of halogens is 2. The molecule has 0 fully saturated rings. The first-order valence-corrected chi connectivity index (χ1v) is 16.7. The predicted octanol–water partition coefficient (Wildman–Crippen LogP) is 12.6. The zero-order chi connectivity index (χ0) is 28.8. The zero-order valence-electron chi connectivity index (χ0n) is 23.2. The number of benzene rings is 6. The SMILES string of the molecule is C[C@H](c1ccccc1Br)N([C@H](C)c1ccccc1Br)p1oc2ccc3ccccc3c2c2c(ccc3ccccc32)o1. The minimum Gasteiger partial charge on any atom is -0.408 e. The predicted molar refractivity (Wildman–Crippen MR) is 185 cm³/mol. The first-order valence-electron chi connectivity index (χ1n) is 14.0. The zero-order valence-corrected chi connectivity index (χ0v) is 27.2. The van der Waals surface area contributed by atoms with Crippen molar-refractivity contribution in [1.82, 2.24) is 0 Å². The molecule has 0 bridgehead atoms. The Morgan fingerprint density at radius 1 is 0.524 bits per heavy atom. The molecule has 1 heterocycles. The van der Waals surface area contributed by atoms with Crippen molar-refractivity contribution < 1.29 is 8.39 Å². The maximum atomic E-state index is 7.06. The summed E-state index contributed by atoms with van der Waals surface area (Å²) in [6, 6.07) is 42.3. The maximum absolute atomic E-state index is 7.06. The number of hydrogen-bond donors (Lipinski definition) is 0. The van der Waals surface area contributed by atoms with Crippen LogP contribution < -0.4 is 4.67 Å². The summed E-state index contributed by atoms with van der Waals surface area (Å²) in [7, 11) is -1.60. The standard InChI is InChI=1S/C36H28Br2NO2P/c1-23(27-13-7-9-17-31(27)37)39(24(2)28-14-8-10-18-32(28)38)42-40-33-21-19-25-11-3-5-15-29(25)35(33)36-30-16-6-4-12-26(30)20-22-34(36)41-42/h3-24H,1-2H3/t23-,24-/m1/s1. The van der Waals surface area contributed by atoms with Gasteiger partial charge in [-0.05, 0) is 70.8 Å². The lowest BCUT2D eigenvalue weighted by molar-refractivity contribution is 0.557. The minimum atomic E-state index is -1.60. The van der Waals surface area contributed by atoms with E-state index in [-0.39, 0.29) is 12.1 Å². The molecular formula is C36H28Br2NO2P. The summed E-state index contributed by atoms with van der Waals surface area (Å²) in [6.45, 7) is 4.46. The van der Waals surface area contributed by atoms with Gasteiger partial charge in [-0.3, -0.25) is 0 Å². The van der Waals surface area contributed by atoms with E-state index in [1.165, 1.54) is 21.9 Å². The summed E-state index contributed by atoms with van der Waals surface area (Å²) in [4.78, 5) is 0. The van der Waals surface area contributed by atoms with E-state index in [9.17, 15) is 0 Å². The van der Waals surface area contributed by atoms with Gasteiger partial charge in [0.1, 0.15) is 11.2 Å². The van der Waals surface area contributed by atoms with Crippen molar-refractivity contribution in [3.05, 3.63) is 141 Å². The fraction of sp³-hybridized carbons (Fsp3) is 0.111. The molecule has 0 unspecified atom stereocenters. The van der Waals surface area contributed by atoms with Crippen LogP contribution in [0.4, 0.5) is 0 Å².